The van der Waals surface area contributed by atoms with Gasteiger partial charge >= 0.3 is 0 Å². The van der Waals surface area contributed by atoms with Crippen molar-refractivity contribution in [3.05, 3.63) is 119 Å². The molecule has 3 unspecified atom stereocenters. The molecule has 52 heavy (non-hydrogen) atoms. The molecule has 0 saturated carbocycles. The van der Waals surface area contributed by atoms with Gasteiger partial charge in [-0.15, -0.1) is 0 Å². The lowest BCUT2D eigenvalue weighted by Crippen LogP contribution is -2.42. The first kappa shape index (κ1) is 38.1. The largest absolute Gasteiger partial charge is 0.379 e. The van der Waals surface area contributed by atoms with Crippen molar-refractivity contribution in [2.24, 2.45) is 5.92 Å². The van der Waals surface area contributed by atoms with Crippen LogP contribution in [0.3, 0.4) is 0 Å². The van der Waals surface area contributed by atoms with Gasteiger partial charge in [0.05, 0.1) is 6.54 Å². The van der Waals surface area contributed by atoms with Gasteiger partial charge in [-0.3, -0.25) is 5.32 Å². The molecule has 6 rings (SSSR count). The summed E-state index contributed by atoms with van der Waals surface area (Å²) in [5.41, 5.74) is 9.73. The third-order valence-electron chi connectivity index (χ3n) is 11.4. The summed E-state index contributed by atoms with van der Waals surface area (Å²) in [4.78, 5) is 2.36. The molecule has 0 amide bonds. The number of piperidine rings is 1. The molecule has 0 radical (unpaired) electrons. The van der Waals surface area contributed by atoms with Crippen LogP contribution in [-0.4, -0.2) is 54.9 Å². The highest BCUT2D eigenvalue weighted by molar-refractivity contribution is 5.90. The average Bonchev–Trinajstić information content (AvgIpc) is 3.42. The van der Waals surface area contributed by atoms with Crippen molar-refractivity contribution in [3.8, 4) is 11.1 Å². The number of benzene rings is 3. The van der Waals surface area contributed by atoms with E-state index in [1.807, 2.05) is 36.4 Å². The molecule has 0 bridgehead atoms. The number of alkyl halides is 3. The van der Waals surface area contributed by atoms with Gasteiger partial charge in [0.15, 0.2) is 0 Å². The van der Waals surface area contributed by atoms with Gasteiger partial charge in [-0.1, -0.05) is 104 Å². The number of halogens is 3. The predicted molar refractivity (Wildman–Crippen MR) is 209 cm³/mol. The molecular formula is C45H56F3N3O. The molecule has 3 aromatic carbocycles. The van der Waals surface area contributed by atoms with Gasteiger partial charge in [0.1, 0.15) is 12.4 Å². The maximum absolute atomic E-state index is 13.8. The van der Waals surface area contributed by atoms with E-state index in [1.165, 1.54) is 22.3 Å². The number of aliphatic hydroxyl groups is 1. The Kier molecular flexibility index (Phi) is 12.5. The standard InChI is InChI=1S/C45H56F3N3O/c1-32(46)35-19-21-36(22-20-35)38-14-6-5-13-37(38)33(2)51-27-23-34(24-28-51)29-43(52)50-26-12-4-11-25-45(31-49-30-44(3,47)48)41-17-9-7-15-39(41)40-16-8-10-18-42(40)45/h5-7,9,13-22,32,34,43,49-50,52H,2,4,8,10-12,23-31H2,1,3H3. The van der Waals surface area contributed by atoms with E-state index >= 15 is 0 Å². The van der Waals surface area contributed by atoms with E-state index in [2.05, 4.69) is 70.7 Å². The van der Waals surface area contributed by atoms with Crippen molar-refractivity contribution in [2.45, 2.75) is 95.4 Å². The number of allylic oxidation sites excluding steroid dienone is 3. The molecule has 3 atom stereocenters. The van der Waals surface area contributed by atoms with E-state index in [4.69, 9.17) is 0 Å². The van der Waals surface area contributed by atoms with Gasteiger partial charge in [0.2, 0.25) is 0 Å². The number of fused-ring (bicyclic) bond motifs is 3. The molecule has 0 aromatic heterocycles. The van der Waals surface area contributed by atoms with Gasteiger partial charge in [0.25, 0.3) is 5.92 Å². The first-order valence-electron chi connectivity index (χ1n) is 19.3. The predicted octanol–water partition coefficient (Wildman–Crippen LogP) is 10.2. The fourth-order valence-electron chi connectivity index (χ4n) is 8.63. The third-order valence-corrected chi connectivity index (χ3v) is 11.4. The number of unbranched alkanes of at least 4 members (excludes halogenated alkanes) is 2. The zero-order valence-electron chi connectivity index (χ0n) is 30.9. The zero-order chi connectivity index (χ0) is 36.7. The summed E-state index contributed by atoms with van der Waals surface area (Å²) in [6, 6.07) is 24.5. The van der Waals surface area contributed by atoms with E-state index in [9.17, 15) is 18.3 Å². The monoisotopic (exact) mass is 711 g/mol. The average molecular weight is 712 g/mol. The van der Waals surface area contributed by atoms with Gasteiger partial charge in [-0.25, -0.2) is 13.2 Å². The second-order valence-electron chi connectivity index (χ2n) is 15.3. The van der Waals surface area contributed by atoms with Crippen LogP contribution in [0.15, 0.2) is 97.1 Å². The molecular weight excluding hydrogens is 656 g/mol. The summed E-state index contributed by atoms with van der Waals surface area (Å²) >= 11 is 0. The van der Waals surface area contributed by atoms with Crippen LogP contribution in [0, 0.1) is 5.92 Å². The summed E-state index contributed by atoms with van der Waals surface area (Å²) in [5.74, 6) is -2.32. The third kappa shape index (κ3) is 8.92. The number of hydrogen-bond donors (Lipinski definition) is 3. The molecule has 7 heteroatoms. The minimum absolute atomic E-state index is 0.302. The summed E-state index contributed by atoms with van der Waals surface area (Å²) in [5, 5.41) is 17.4. The van der Waals surface area contributed by atoms with E-state index in [-0.39, 0.29) is 12.0 Å². The molecule has 3 aliphatic rings. The van der Waals surface area contributed by atoms with Crippen molar-refractivity contribution in [1.82, 2.24) is 15.5 Å². The Hall–Kier alpha value is -3.65. The van der Waals surface area contributed by atoms with E-state index in [0.29, 0.717) is 18.0 Å². The Labute approximate surface area is 308 Å². The smallest absolute Gasteiger partial charge is 0.257 e. The van der Waals surface area contributed by atoms with Crippen LogP contribution >= 0.6 is 0 Å². The lowest BCUT2D eigenvalue weighted by atomic mass is 9.72. The summed E-state index contributed by atoms with van der Waals surface area (Å²) in [7, 11) is 0. The first-order valence-corrected chi connectivity index (χ1v) is 19.3. The van der Waals surface area contributed by atoms with Gasteiger partial charge in [-0.2, -0.15) is 0 Å². The molecule has 3 N–H and O–H groups in total. The Morgan fingerprint density at radius 2 is 1.63 bits per heavy atom. The minimum atomic E-state index is -2.75. The van der Waals surface area contributed by atoms with Gasteiger partial charge in [0, 0.05) is 43.2 Å². The van der Waals surface area contributed by atoms with Crippen LogP contribution < -0.4 is 10.6 Å². The Morgan fingerprint density at radius 3 is 2.37 bits per heavy atom. The summed E-state index contributed by atoms with van der Waals surface area (Å²) < 4.78 is 41.4. The molecule has 1 heterocycles. The Balaban J connectivity index is 0.954. The Bertz CT molecular complexity index is 1720. The number of aliphatic hydroxyl groups excluding tert-OH is 1. The normalized spacial score (nSPS) is 20.2. The topological polar surface area (TPSA) is 47.5 Å². The highest BCUT2D eigenvalue weighted by Crippen LogP contribution is 2.53. The second kappa shape index (κ2) is 17.0. The fourth-order valence-corrected chi connectivity index (χ4v) is 8.63. The highest BCUT2D eigenvalue weighted by atomic mass is 19.3. The summed E-state index contributed by atoms with van der Waals surface area (Å²) in [6.07, 6.45) is 11.7. The zero-order valence-corrected chi connectivity index (χ0v) is 30.9. The number of hydrogen-bond acceptors (Lipinski definition) is 4. The number of likely N-dealkylation sites (tertiary alicyclic amines) is 1. The molecule has 1 saturated heterocycles. The lowest BCUT2D eigenvalue weighted by molar-refractivity contribution is 0.0217. The van der Waals surface area contributed by atoms with Crippen LogP contribution in [0.5, 0.6) is 0 Å². The van der Waals surface area contributed by atoms with Crippen molar-refractivity contribution in [2.75, 3.05) is 32.7 Å². The van der Waals surface area contributed by atoms with E-state index in [1.54, 1.807) is 6.92 Å². The van der Waals surface area contributed by atoms with Gasteiger partial charge < -0.3 is 15.3 Å². The maximum atomic E-state index is 13.8. The van der Waals surface area contributed by atoms with Crippen LogP contribution in [0.4, 0.5) is 13.2 Å². The van der Waals surface area contributed by atoms with Crippen LogP contribution in [0.25, 0.3) is 22.4 Å². The van der Waals surface area contributed by atoms with Crippen LogP contribution in [0.1, 0.15) is 100 Å². The van der Waals surface area contributed by atoms with Crippen LogP contribution in [0.2, 0.25) is 0 Å². The number of rotatable bonds is 17. The van der Waals surface area contributed by atoms with E-state index < -0.39 is 18.3 Å². The molecule has 3 aromatic rings. The molecule has 278 valence electrons. The highest BCUT2D eigenvalue weighted by Gasteiger charge is 2.45. The van der Waals surface area contributed by atoms with Crippen molar-refractivity contribution in [1.29, 1.82) is 0 Å². The number of nitrogens with zero attached hydrogens (tertiary/aromatic N) is 1. The minimum Gasteiger partial charge on any atom is -0.379 e. The first-order chi connectivity index (χ1) is 25.1. The molecule has 1 aliphatic heterocycles. The van der Waals surface area contributed by atoms with Crippen LogP contribution in [-0.2, 0) is 5.41 Å². The SMILES string of the molecule is C=C(c1ccccc1-c1ccc(C(C)F)cc1)N1CCC(CC(O)NCCCCCC2(CNCC(C)(F)F)C3=CCCC=C3c3ccccc32)CC1. The van der Waals surface area contributed by atoms with E-state index in [0.717, 1.165) is 107 Å². The summed E-state index contributed by atoms with van der Waals surface area (Å²) in [6.45, 7) is 9.72. The van der Waals surface area contributed by atoms with Crippen molar-refractivity contribution in [3.63, 3.8) is 0 Å². The molecule has 2 aliphatic carbocycles. The number of nitrogens with one attached hydrogen (secondary N) is 2. The molecule has 0 spiro atoms. The Morgan fingerprint density at radius 1 is 0.942 bits per heavy atom. The lowest BCUT2D eigenvalue weighted by Gasteiger charge is -2.36. The van der Waals surface area contributed by atoms with Gasteiger partial charge in [-0.05, 0) is 103 Å². The molecule has 1 fully saturated rings. The maximum Gasteiger partial charge on any atom is 0.257 e. The van der Waals surface area contributed by atoms with Crippen molar-refractivity contribution < 1.29 is 18.3 Å². The van der Waals surface area contributed by atoms with Crippen molar-refractivity contribution >= 4 is 11.3 Å². The second-order valence-corrected chi connectivity index (χ2v) is 15.3. The fraction of sp³-hybridized carbons (Fsp3) is 0.467. The molecule has 4 nitrogen and oxygen atoms in total. The quantitative estimate of drug-likeness (QED) is 0.0964.